The molecule has 200 valence electrons. The number of imide groups is 2. The molecule has 2 fully saturated rings. The summed E-state index contributed by atoms with van der Waals surface area (Å²) in [4.78, 5) is 63.3. The van der Waals surface area contributed by atoms with Crippen molar-refractivity contribution in [1.82, 2.24) is 19.4 Å². The zero-order chi connectivity index (χ0) is 27.4. The van der Waals surface area contributed by atoms with E-state index in [4.69, 9.17) is 12.2 Å². The van der Waals surface area contributed by atoms with Gasteiger partial charge in [0.05, 0.1) is 11.7 Å². The van der Waals surface area contributed by atoms with Crippen molar-refractivity contribution in [1.29, 1.82) is 0 Å². The fraction of sp³-hybridized carbons (Fsp3) is 0.462. The van der Waals surface area contributed by atoms with Crippen LogP contribution in [0.4, 0.5) is 16.2 Å². The van der Waals surface area contributed by atoms with Crippen molar-refractivity contribution in [2.45, 2.75) is 51.6 Å². The van der Waals surface area contributed by atoms with Crippen molar-refractivity contribution >= 4 is 47.7 Å². The minimum Gasteiger partial charge on any atom is -0.494 e. The minimum atomic E-state index is -1.40. The largest absolute Gasteiger partial charge is 0.494 e. The predicted molar refractivity (Wildman–Crippen MR) is 144 cm³/mol. The van der Waals surface area contributed by atoms with Gasteiger partial charge in [0.15, 0.2) is 10.2 Å². The molecule has 11 nitrogen and oxygen atoms in total. The molecular formula is C26H30N6O5S. The van der Waals surface area contributed by atoms with Gasteiger partial charge in [-0.1, -0.05) is 13.3 Å². The van der Waals surface area contributed by atoms with Crippen LogP contribution in [0.3, 0.4) is 0 Å². The van der Waals surface area contributed by atoms with Gasteiger partial charge in [0.25, 0.3) is 5.56 Å². The summed E-state index contributed by atoms with van der Waals surface area (Å²) >= 11 is 5.20. The standard InChI is InChI=1S/C26H30N6O5S/c1-4-5-10-32-21(34)17(20(33)28-24(32)38)14-27-16-8-9-18-15(12-16)13-26(19-7-6-11-31(18)19)22(35)29(2)25(37)30(3)23(26)36/h8-9,12,14,19,34H,4-7,10-11,13H2,1-3H3,(H,28,33,38)/t19-/m0/s1. The highest BCUT2D eigenvalue weighted by molar-refractivity contribution is 7.71. The van der Waals surface area contributed by atoms with Crippen molar-refractivity contribution in [3.8, 4) is 5.88 Å². The fourth-order valence-corrected chi connectivity index (χ4v) is 6.21. The molecule has 0 bridgehead atoms. The van der Waals surface area contributed by atoms with Gasteiger partial charge in [-0.2, -0.15) is 0 Å². The Bertz CT molecular complexity index is 1470. The first kappa shape index (κ1) is 25.8. The SMILES string of the molecule is CCCCn1c(O)c(C=Nc2ccc3c(c2)CC2(C(=O)N(C)C(=O)N(C)C2=O)[C@@H]2CCCN32)c(=O)[nH]c1=S. The smallest absolute Gasteiger partial charge is 0.332 e. The van der Waals surface area contributed by atoms with Crippen molar-refractivity contribution < 1.29 is 19.5 Å². The molecule has 1 aromatic carbocycles. The summed E-state index contributed by atoms with van der Waals surface area (Å²) in [5.74, 6) is -1.22. The quantitative estimate of drug-likeness (QED) is 0.340. The summed E-state index contributed by atoms with van der Waals surface area (Å²) < 4.78 is 1.62. The topological polar surface area (TPSA) is 131 Å². The third-order valence-corrected chi connectivity index (χ3v) is 8.22. The van der Waals surface area contributed by atoms with Crippen LogP contribution >= 0.6 is 12.2 Å². The van der Waals surface area contributed by atoms with Gasteiger partial charge in [-0.25, -0.2) is 4.79 Å². The average molecular weight is 539 g/mol. The van der Waals surface area contributed by atoms with Crippen LogP contribution in [-0.2, 0) is 22.6 Å². The highest BCUT2D eigenvalue weighted by atomic mass is 32.1. The lowest BCUT2D eigenvalue weighted by atomic mass is 9.68. The van der Waals surface area contributed by atoms with Crippen LogP contribution in [0.15, 0.2) is 28.0 Å². The molecule has 3 aliphatic rings. The number of aromatic nitrogens is 2. The molecule has 5 rings (SSSR count). The number of aliphatic imine (C=N–C) groups is 1. The van der Waals surface area contributed by atoms with E-state index in [1.54, 1.807) is 12.1 Å². The molecule has 2 aromatic rings. The van der Waals surface area contributed by atoms with Gasteiger partial charge < -0.3 is 10.0 Å². The summed E-state index contributed by atoms with van der Waals surface area (Å²) in [6.07, 6.45) is 4.60. The molecule has 1 atom stereocenters. The monoisotopic (exact) mass is 538 g/mol. The van der Waals surface area contributed by atoms with Gasteiger partial charge in [0, 0.05) is 39.1 Å². The van der Waals surface area contributed by atoms with Crippen LogP contribution in [0.5, 0.6) is 5.88 Å². The van der Waals surface area contributed by atoms with Crippen LogP contribution in [0, 0.1) is 10.2 Å². The second-order valence-electron chi connectivity index (χ2n) is 10.1. The maximum atomic E-state index is 13.6. The van der Waals surface area contributed by atoms with Crippen LogP contribution in [0.25, 0.3) is 0 Å². The third-order valence-electron chi connectivity index (χ3n) is 7.89. The number of rotatable bonds is 5. The number of carbonyl (C=O) groups excluding carboxylic acids is 3. The van der Waals surface area contributed by atoms with Gasteiger partial charge in [-0.3, -0.25) is 38.7 Å². The molecule has 38 heavy (non-hydrogen) atoms. The number of anilines is 1. The number of barbiturate groups is 1. The van der Waals surface area contributed by atoms with Gasteiger partial charge in [0.2, 0.25) is 17.7 Å². The Morgan fingerprint density at radius 2 is 1.89 bits per heavy atom. The predicted octanol–water partition coefficient (Wildman–Crippen LogP) is 2.72. The molecule has 0 unspecified atom stereocenters. The molecule has 2 saturated heterocycles. The Morgan fingerprint density at radius 3 is 2.58 bits per heavy atom. The van der Waals surface area contributed by atoms with E-state index in [9.17, 15) is 24.3 Å². The number of hydrogen-bond acceptors (Lipinski definition) is 8. The Labute approximate surface area is 224 Å². The summed E-state index contributed by atoms with van der Waals surface area (Å²) in [5.41, 5.74) is 0.216. The number of urea groups is 1. The lowest BCUT2D eigenvalue weighted by molar-refractivity contribution is -0.159. The molecule has 3 aliphatic heterocycles. The minimum absolute atomic E-state index is 0.0112. The summed E-state index contributed by atoms with van der Waals surface area (Å²) in [5, 5.41) is 10.7. The van der Waals surface area contributed by atoms with E-state index in [2.05, 4.69) is 14.9 Å². The summed E-state index contributed by atoms with van der Waals surface area (Å²) in [6, 6.07) is 4.52. The van der Waals surface area contributed by atoms with Gasteiger partial charge in [-0.05, 0) is 61.7 Å². The number of benzene rings is 1. The van der Waals surface area contributed by atoms with Crippen molar-refractivity contribution in [3.05, 3.63) is 44.5 Å². The van der Waals surface area contributed by atoms with E-state index < -0.39 is 28.8 Å². The number of unbranched alkanes of at least 4 members (excludes halogenated alkanes) is 1. The second kappa shape index (κ2) is 9.50. The van der Waals surface area contributed by atoms with Crippen molar-refractivity contribution in [3.63, 3.8) is 0 Å². The fourth-order valence-electron chi connectivity index (χ4n) is 5.94. The first-order valence-electron chi connectivity index (χ1n) is 12.7. The Kier molecular flexibility index (Phi) is 6.46. The van der Waals surface area contributed by atoms with Crippen LogP contribution in [0.1, 0.15) is 43.7 Å². The number of fused-ring (bicyclic) bond motifs is 4. The maximum Gasteiger partial charge on any atom is 0.332 e. The number of nitrogens with one attached hydrogen (secondary N) is 1. The average Bonchev–Trinajstić information content (AvgIpc) is 3.40. The first-order chi connectivity index (χ1) is 18.1. The third kappa shape index (κ3) is 3.77. The van der Waals surface area contributed by atoms with Gasteiger partial charge in [0.1, 0.15) is 5.56 Å². The van der Waals surface area contributed by atoms with E-state index in [1.807, 2.05) is 13.0 Å². The normalized spacial score (nSPS) is 20.6. The van der Waals surface area contributed by atoms with Gasteiger partial charge >= 0.3 is 6.03 Å². The molecule has 12 heteroatoms. The number of aromatic hydroxyl groups is 1. The Hall–Kier alpha value is -3.80. The number of aromatic amines is 1. The molecule has 2 N–H and O–H groups in total. The molecule has 4 heterocycles. The van der Waals surface area contributed by atoms with Crippen LogP contribution in [0.2, 0.25) is 0 Å². The van der Waals surface area contributed by atoms with Crippen molar-refractivity contribution in [2.75, 3.05) is 25.5 Å². The zero-order valence-electron chi connectivity index (χ0n) is 21.6. The Morgan fingerprint density at radius 1 is 1.18 bits per heavy atom. The zero-order valence-corrected chi connectivity index (χ0v) is 22.4. The molecule has 0 saturated carbocycles. The Balaban J connectivity index is 1.54. The molecule has 1 aromatic heterocycles. The highest BCUT2D eigenvalue weighted by Gasteiger charge is 2.63. The van der Waals surface area contributed by atoms with Crippen LogP contribution < -0.4 is 10.5 Å². The van der Waals surface area contributed by atoms with E-state index in [0.717, 1.165) is 40.3 Å². The lowest BCUT2D eigenvalue weighted by Crippen LogP contribution is -2.70. The molecular weight excluding hydrogens is 508 g/mol. The van der Waals surface area contributed by atoms with Crippen molar-refractivity contribution in [2.24, 2.45) is 10.4 Å². The summed E-state index contributed by atoms with van der Waals surface area (Å²) in [6.45, 7) is 3.17. The highest BCUT2D eigenvalue weighted by Crippen LogP contribution is 2.49. The number of H-pyrrole nitrogens is 1. The van der Waals surface area contributed by atoms with E-state index in [1.165, 1.54) is 24.9 Å². The second-order valence-corrected chi connectivity index (χ2v) is 10.5. The summed E-state index contributed by atoms with van der Waals surface area (Å²) in [7, 11) is 2.82. The number of amides is 4. The van der Waals surface area contributed by atoms with E-state index >= 15 is 0 Å². The molecule has 4 amide bonds. The number of nitrogens with zero attached hydrogens (tertiary/aromatic N) is 5. The molecule has 0 radical (unpaired) electrons. The number of hydrogen-bond donors (Lipinski definition) is 2. The molecule has 0 aliphatic carbocycles. The number of carbonyl (C=O) groups is 3. The lowest BCUT2D eigenvalue weighted by Gasteiger charge is -2.50. The van der Waals surface area contributed by atoms with Gasteiger partial charge in [-0.15, -0.1) is 0 Å². The molecule has 1 spiro atoms. The van der Waals surface area contributed by atoms with E-state index in [0.29, 0.717) is 25.2 Å². The first-order valence-corrected chi connectivity index (χ1v) is 13.1. The van der Waals surface area contributed by atoms with Crippen LogP contribution in [-0.4, -0.2) is 75.2 Å². The maximum absolute atomic E-state index is 13.6. The van der Waals surface area contributed by atoms with E-state index in [-0.39, 0.29) is 28.7 Å².